The molecule has 0 radical (unpaired) electrons. The van der Waals surface area contributed by atoms with Gasteiger partial charge in [0.2, 0.25) is 0 Å². The third-order valence-corrected chi connectivity index (χ3v) is 12.6. The Labute approximate surface area is 355 Å². The first-order valence-corrected chi connectivity index (χ1v) is 22.2. The highest BCUT2D eigenvalue weighted by molar-refractivity contribution is 7.90. The van der Waals surface area contributed by atoms with Gasteiger partial charge in [0.15, 0.2) is 5.78 Å². The maximum Gasteiger partial charge on any atom is 0.274 e. The number of hydrogen-bond donors (Lipinski definition) is 3. The van der Waals surface area contributed by atoms with Crippen molar-refractivity contribution in [3.05, 3.63) is 153 Å². The summed E-state index contributed by atoms with van der Waals surface area (Å²) in [5.74, 6) is -1.24. The zero-order valence-electron chi connectivity index (χ0n) is 33.7. The molecule has 6 aromatic rings. The average molecular weight is 846 g/mol. The first-order chi connectivity index (χ1) is 29.0. The predicted molar refractivity (Wildman–Crippen MR) is 234 cm³/mol. The van der Waals surface area contributed by atoms with Crippen molar-refractivity contribution in [2.75, 3.05) is 19.7 Å². The topological polar surface area (TPSA) is 151 Å². The van der Waals surface area contributed by atoms with Gasteiger partial charge in [0.05, 0.1) is 11.5 Å². The second-order valence-corrected chi connectivity index (χ2v) is 17.2. The molecule has 1 aromatic heterocycles. The molecule has 2 heterocycles. The van der Waals surface area contributed by atoms with E-state index in [1.54, 1.807) is 48.7 Å². The maximum atomic E-state index is 15.0. The number of carbonyl (C=O) groups is 3. The lowest BCUT2D eigenvalue weighted by Gasteiger charge is -2.26. The number of nitrogens with one attached hydrogen (secondary N) is 2. The Hall–Kier alpha value is -5.66. The molecule has 1 unspecified atom stereocenters. The maximum absolute atomic E-state index is 15.0. The number of sulfonamides is 1. The molecule has 310 valence electrons. The van der Waals surface area contributed by atoms with Crippen LogP contribution in [0.2, 0.25) is 5.02 Å². The molecule has 0 spiro atoms. The minimum atomic E-state index is -4.39. The minimum absolute atomic E-state index is 0.0769. The fourth-order valence-electron chi connectivity index (χ4n) is 7.60. The molecule has 1 aliphatic rings. The number of aliphatic hydroxyl groups excluding tert-OH is 1. The lowest BCUT2D eigenvalue weighted by molar-refractivity contribution is 0.0745. The Kier molecular flexibility index (Phi) is 13.3. The van der Waals surface area contributed by atoms with Crippen LogP contribution in [0.25, 0.3) is 22.2 Å². The molecule has 0 saturated carbocycles. The number of rotatable bonds is 16. The van der Waals surface area contributed by atoms with Crippen LogP contribution in [-0.4, -0.2) is 71.3 Å². The molecule has 0 saturated heterocycles. The van der Waals surface area contributed by atoms with Gasteiger partial charge in [0.25, 0.3) is 21.8 Å². The highest BCUT2D eigenvalue weighted by Gasteiger charge is 2.29. The first-order valence-electron chi connectivity index (χ1n) is 20.3. The summed E-state index contributed by atoms with van der Waals surface area (Å²) in [6, 6.07) is 28.9. The monoisotopic (exact) mass is 845 g/mol. The molecule has 0 aliphatic carbocycles. The van der Waals surface area contributed by atoms with Crippen molar-refractivity contribution >= 4 is 50.0 Å². The van der Waals surface area contributed by atoms with E-state index in [1.807, 2.05) is 45.9 Å². The Morgan fingerprint density at radius 2 is 1.65 bits per heavy atom. The Bertz CT molecular complexity index is 2660. The second-order valence-electron chi connectivity index (χ2n) is 15.1. The normalized spacial score (nSPS) is 13.8. The van der Waals surface area contributed by atoms with Crippen LogP contribution in [0.4, 0.5) is 0 Å². The van der Waals surface area contributed by atoms with Crippen LogP contribution in [0.15, 0.2) is 114 Å². The molecular weight excluding hydrogens is 798 g/mol. The van der Waals surface area contributed by atoms with Crippen LogP contribution in [0.3, 0.4) is 0 Å². The van der Waals surface area contributed by atoms with Crippen molar-refractivity contribution in [2.24, 2.45) is 0 Å². The van der Waals surface area contributed by atoms with E-state index < -0.39 is 21.7 Å². The molecule has 5 aromatic carbocycles. The minimum Gasteiger partial charge on any atom is -0.395 e. The van der Waals surface area contributed by atoms with Gasteiger partial charge in [-0.3, -0.25) is 14.4 Å². The molecule has 60 heavy (non-hydrogen) atoms. The molecular formula is C47H48ClN5O6S. The number of benzene rings is 5. The molecule has 2 amide bonds. The smallest absolute Gasteiger partial charge is 0.274 e. The number of hydrogen-bond acceptors (Lipinski definition) is 8. The average Bonchev–Trinajstić information content (AvgIpc) is 3.68. The van der Waals surface area contributed by atoms with Gasteiger partial charge in [-0.1, -0.05) is 105 Å². The van der Waals surface area contributed by atoms with E-state index in [0.29, 0.717) is 60.0 Å². The van der Waals surface area contributed by atoms with Crippen LogP contribution in [0.5, 0.6) is 0 Å². The summed E-state index contributed by atoms with van der Waals surface area (Å²) in [5.41, 5.74) is 3.60. The van der Waals surface area contributed by atoms with Gasteiger partial charge in [0, 0.05) is 71.1 Å². The summed E-state index contributed by atoms with van der Waals surface area (Å²) in [7, 11) is -4.39. The van der Waals surface area contributed by atoms with Crippen molar-refractivity contribution in [3.63, 3.8) is 0 Å². The van der Waals surface area contributed by atoms with Gasteiger partial charge < -0.3 is 19.9 Å². The SMILES string of the molecule is CCCCN(CCCC)C(=O)c1cn(Cc2ccccc2)c(-c2ccc(C(=O)NS(=O)(=O)c3ccc4cccc(Cl)c4c3)cc2C(=O)c2cccc3c2CC(CO)NC3)n1. The van der Waals surface area contributed by atoms with Crippen LogP contribution < -0.4 is 10.0 Å². The number of amides is 2. The van der Waals surface area contributed by atoms with E-state index in [2.05, 4.69) is 23.9 Å². The van der Waals surface area contributed by atoms with Gasteiger partial charge in [-0.15, -0.1) is 0 Å². The van der Waals surface area contributed by atoms with Crippen molar-refractivity contribution in [2.45, 2.75) is 70.0 Å². The van der Waals surface area contributed by atoms with E-state index >= 15 is 4.79 Å². The summed E-state index contributed by atoms with van der Waals surface area (Å²) in [5, 5.41) is 14.9. The summed E-state index contributed by atoms with van der Waals surface area (Å²) in [4.78, 5) is 49.8. The van der Waals surface area contributed by atoms with Gasteiger partial charge in [-0.05, 0) is 77.7 Å². The molecule has 1 atom stereocenters. The third-order valence-electron chi connectivity index (χ3n) is 10.9. The molecule has 1 aliphatic heterocycles. The van der Waals surface area contributed by atoms with Crippen LogP contribution in [-0.2, 0) is 29.5 Å². The molecule has 0 fully saturated rings. The van der Waals surface area contributed by atoms with Crippen molar-refractivity contribution in [1.29, 1.82) is 0 Å². The van der Waals surface area contributed by atoms with Gasteiger partial charge in [0.1, 0.15) is 11.5 Å². The Balaban J connectivity index is 1.35. The number of nitrogens with zero attached hydrogens (tertiary/aromatic N) is 3. The number of carbonyl (C=O) groups excluding carboxylic acids is 3. The summed E-state index contributed by atoms with van der Waals surface area (Å²) >= 11 is 6.38. The van der Waals surface area contributed by atoms with E-state index in [0.717, 1.165) is 47.8 Å². The Morgan fingerprint density at radius 1 is 0.900 bits per heavy atom. The van der Waals surface area contributed by atoms with Gasteiger partial charge in [-0.2, -0.15) is 0 Å². The summed E-state index contributed by atoms with van der Waals surface area (Å²) in [6.45, 7) is 5.99. The van der Waals surface area contributed by atoms with E-state index in [-0.39, 0.29) is 40.3 Å². The fourth-order valence-corrected chi connectivity index (χ4v) is 8.84. The number of fused-ring (bicyclic) bond motifs is 2. The third kappa shape index (κ3) is 9.22. The molecule has 7 rings (SSSR count). The zero-order chi connectivity index (χ0) is 42.4. The Morgan fingerprint density at radius 3 is 2.38 bits per heavy atom. The number of unbranched alkanes of at least 4 members (excludes halogenated alkanes) is 2. The van der Waals surface area contributed by atoms with Crippen molar-refractivity contribution in [1.82, 2.24) is 24.5 Å². The van der Waals surface area contributed by atoms with Gasteiger partial charge in [-0.25, -0.2) is 18.1 Å². The molecule has 0 bridgehead atoms. The van der Waals surface area contributed by atoms with Crippen molar-refractivity contribution in [3.8, 4) is 11.4 Å². The second kappa shape index (κ2) is 18.7. The zero-order valence-corrected chi connectivity index (χ0v) is 35.2. The highest BCUT2D eigenvalue weighted by atomic mass is 35.5. The molecule has 3 N–H and O–H groups in total. The number of imidazole rings is 1. The largest absolute Gasteiger partial charge is 0.395 e. The van der Waals surface area contributed by atoms with E-state index in [9.17, 15) is 23.1 Å². The number of aliphatic hydroxyl groups is 1. The van der Waals surface area contributed by atoms with Gasteiger partial charge >= 0.3 is 0 Å². The lowest BCUT2D eigenvalue weighted by Crippen LogP contribution is -2.39. The summed E-state index contributed by atoms with van der Waals surface area (Å²) in [6.07, 6.45) is 5.64. The predicted octanol–water partition coefficient (Wildman–Crippen LogP) is 7.80. The molecule has 13 heteroatoms. The first kappa shape index (κ1) is 42.5. The van der Waals surface area contributed by atoms with Crippen molar-refractivity contribution < 1.29 is 27.9 Å². The van der Waals surface area contributed by atoms with E-state index in [4.69, 9.17) is 16.6 Å². The lowest BCUT2D eigenvalue weighted by atomic mass is 9.86. The quantitative estimate of drug-likeness (QED) is 0.0836. The number of halogens is 1. The highest BCUT2D eigenvalue weighted by Crippen LogP contribution is 2.32. The summed E-state index contributed by atoms with van der Waals surface area (Å²) < 4.78 is 31.4. The number of ketones is 1. The van der Waals surface area contributed by atoms with Crippen LogP contribution >= 0.6 is 11.6 Å². The van der Waals surface area contributed by atoms with E-state index in [1.165, 1.54) is 24.3 Å². The van der Waals surface area contributed by atoms with Crippen LogP contribution in [0.1, 0.15) is 93.0 Å². The van der Waals surface area contributed by atoms with Crippen LogP contribution in [0, 0.1) is 0 Å². The standard InChI is InChI=1S/C47H48ClN5O6S/c1-3-5-22-52(23-6-4-2)47(57)43-29-53(28-31-12-8-7-9-13-31)45(50-43)38-21-19-33(24-41(38)44(55)37-16-10-15-34-27-49-35(30-54)25-39(34)37)46(56)51-60(58,59)36-20-18-32-14-11-17-42(48)40(32)26-36/h7-21,24,26,29,35,49,54H,3-6,22-23,25,27-28,30H2,1-2H3,(H,51,56). The number of aromatic nitrogens is 2. The fraction of sp³-hybridized carbons (Fsp3) is 0.277. The molecule has 11 nitrogen and oxygen atoms in total.